The van der Waals surface area contributed by atoms with Crippen LogP contribution in [0.4, 0.5) is 0 Å². The monoisotopic (exact) mass is 311 g/mol. The zero-order valence-electron chi connectivity index (χ0n) is 14.6. The van der Waals surface area contributed by atoms with E-state index in [1.807, 2.05) is 24.0 Å². The lowest BCUT2D eigenvalue weighted by atomic mass is 10.1. The van der Waals surface area contributed by atoms with E-state index in [1.54, 1.807) is 0 Å². The molecule has 1 aromatic heterocycles. The van der Waals surface area contributed by atoms with Crippen LogP contribution in [0.25, 0.3) is 10.9 Å². The van der Waals surface area contributed by atoms with Crippen LogP contribution in [0.15, 0.2) is 24.3 Å². The van der Waals surface area contributed by atoms with E-state index >= 15 is 0 Å². The molecule has 1 aromatic carbocycles. The zero-order chi connectivity index (χ0) is 16.7. The first-order valence-corrected chi connectivity index (χ1v) is 8.20. The van der Waals surface area contributed by atoms with Crippen molar-refractivity contribution in [2.24, 2.45) is 5.92 Å². The second-order valence-electron chi connectivity index (χ2n) is 7.04. The van der Waals surface area contributed by atoms with Crippen molar-refractivity contribution in [3.05, 3.63) is 41.1 Å². The number of benzene rings is 1. The average Bonchev–Trinajstić information content (AvgIpc) is 2.88. The molecular formula is C19H25N3O. The molecule has 3 rings (SSSR count). The van der Waals surface area contributed by atoms with Crippen LogP contribution in [0.3, 0.4) is 0 Å². The molecule has 122 valence electrons. The molecule has 4 nitrogen and oxygen atoms in total. The summed E-state index contributed by atoms with van der Waals surface area (Å²) in [6.45, 7) is 7.80. The van der Waals surface area contributed by atoms with Crippen LogP contribution >= 0.6 is 0 Å². The first-order chi connectivity index (χ1) is 10.9. The molecule has 1 aliphatic rings. The number of aromatic nitrogens is 1. The smallest absolute Gasteiger partial charge is 0.255 e. The minimum Gasteiger partial charge on any atom is -0.337 e. The highest BCUT2D eigenvalue weighted by Crippen LogP contribution is 2.24. The third-order valence-corrected chi connectivity index (χ3v) is 4.91. The molecule has 0 aliphatic carbocycles. The molecule has 1 amide bonds. The van der Waals surface area contributed by atoms with Gasteiger partial charge in [-0.15, -0.1) is 0 Å². The van der Waals surface area contributed by atoms with Crippen molar-refractivity contribution in [2.45, 2.75) is 26.8 Å². The van der Waals surface area contributed by atoms with Gasteiger partial charge in [0, 0.05) is 24.5 Å². The van der Waals surface area contributed by atoms with Crippen molar-refractivity contribution in [3.8, 4) is 0 Å². The summed E-state index contributed by atoms with van der Waals surface area (Å²) in [7, 11) is 4.17. The van der Waals surface area contributed by atoms with Crippen molar-refractivity contribution in [3.63, 3.8) is 0 Å². The first kappa shape index (κ1) is 15.9. The van der Waals surface area contributed by atoms with Crippen molar-refractivity contribution >= 4 is 16.8 Å². The van der Waals surface area contributed by atoms with Crippen molar-refractivity contribution in [2.75, 3.05) is 27.2 Å². The lowest BCUT2D eigenvalue weighted by Crippen LogP contribution is -2.36. The fourth-order valence-electron chi connectivity index (χ4n) is 3.57. The van der Waals surface area contributed by atoms with Gasteiger partial charge in [-0.3, -0.25) is 9.78 Å². The van der Waals surface area contributed by atoms with Crippen LogP contribution < -0.4 is 0 Å². The van der Waals surface area contributed by atoms with Crippen molar-refractivity contribution in [1.82, 2.24) is 14.8 Å². The van der Waals surface area contributed by atoms with Crippen LogP contribution in [0.5, 0.6) is 0 Å². The summed E-state index contributed by atoms with van der Waals surface area (Å²) in [5, 5.41) is 1.04. The Kier molecular flexibility index (Phi) is 4.11. The Balaban J connectivity index is 1.93. The van der Waals surface area contributed by atoms with E-state index in [-0.39, 0.29) is 5.91 Å². The second kappa shape index (κ2) is 5.93. The highest BCUT2D eigenvalue weighted by molar-refractivity contribution is 5.99. The van der Waals surface area contributed by atoms with Crippen molar-refractivity contribution < 1.29 is 4.79 Å². The first-order valence-electron chi connectivity index (χ1n) is 8.20. The van der Waals surface area contributed by atoms with Crippen molar-refractivity contribution in [1.29, 1.82) is 0 Å². The number of fused-ring (bicyclic) bond motifs is 1. The lowest BCUT2D eigenvalue weighted by Gasteiger charge is -2.22. The van der Waals surface area contributed by atoms with Gasteiger partial charge >= 0.3 is 0 Å². The summed E-state index contributed by atoms with van der Waals surface area (Å²) in [6, 6.07) is 8.59. The molecule has 0 N–H and O–H groups in total. The Hall–Kier alpha value is -1.94. The Morgan fingerprint density at radius 1 is 1.22 bits per heavy atom. The van der Waals surface area contributed by atoms with Crippen LogP contribution in [-0.2, 0) is 0 Å². The Labute approximate surface area is 138 Å². The standard InChI is InChI=1S/C19H25N3O/c1-12-6-7-17-15(8-12)9-16(14(3)20-17)19(23)22-10-13(2)18(11-22)21(4)5/h6-9,13,18H,10-11H2,1-5H3/t13-,18+/m0/s1. The maximum absolute atomic E-state index is 13.0. The van der Waals surface area contributed by atoms with Crippen LogP contribution in [0.1, 0.15) is 28.5 Å². The van der Waals surface area contributed by atoms with Gasteiger partial charge < -0.3 is 9.80 Å². The lowest BCUT2D eigenvalue weighted by molar-refractivity contribution is 0.0780. The number of likely N-dealkylation sites (tertiary alicyclic amines) is 1. The van der Waals surface area contributed by atoms with E-state index in [9.17, 15) is 4.79 Å². The fraction of sp³-hybridized carbons (Fsp3) is 0.474. The average molecular weight is 311 g/mol. The molecule has 0 unspecified atom stereocenters. The highest BCUT2D eigenvalue weighted by Gasteiger charge is 2.34. The molecular weight excluding hydrogens is 286 g/mol. The molecule has 4 heteroatoms. The van der Waals surface area contributed by atoms with E-state index in [4.69, 9.17) is 0 Å². The Bertz CT molecular complexity index is 754. The number of likely N-dealkylation sites (N-methyl/N-ethyl adjacent to an activating group) is 1. The number of carbonyl (C=O) groups excluding carboxylic acids is 1. The number of amides is 1. The van der Waals surface area contributed by atoms with Gasteiger partial charge in [-0.1, -0.05) is 18.6 Å². The maximum atomic E-state index is 13.0. The largest absolute Gasteiger partial charge is 0.337 e. The van der Waals surface area contributed by atoms with E-state index in [1.165, 1.54) is 5.56 Å². The maximum Gasteiger partial charge on any atom is 0.255 e. The minimum atomic E-state index is 0.106. The Morgan fingerprint density at radius 3 is 2.61 bits per heavy atom. The van der Waals surface area contributed by atoms with Crippen LogP contribution in [-0.4, -0.2) is 53.9 Å². The summed E-state index contributed by atoms with van der Waals surface area (Å²) < 4.78 is 0. The third-order valence-electron chi connectivity index (χ3n) is 4.91. The van der Waals surface area contributed by atoms with Gasteiger partial charge in [0.25, 0.3) is 5.91 Å². The predicted molar refractivity (Wildman–Crippen MR) is 93.8 cm³/mol. The number of hydrogen-bond donors (Lipinski definition) is 0. The van der Waals surface area contributed by atoms with Gasteiger partial charge in [-0.25, -0.2) is 0 Å². The molecule has 1 aliphatic heterocycles. The molecule has 2 atom stereocenters. The van der Waals surface area contributed by atoms with Crippen LogP contribution in [0.2, 0.25) is 0 Å². The quantitative estimate of drug-likeness (QED) is 0.855. The SMILES string of the molecule is Cc1ccc2nc(C)c(C(=O)N3C[C@@H](N(C)C)[C@@H](C)C3)cc2c1. The minimum absolute atomic E-state index is 0.106. The Morgan fingerprint density at radius 2 is 1.96 bits per heavy atom. The summed E-state index contributed by atoms with van der Waals surface area (Å²) in [5.74, 6) is 0.597. The summed E-state index contributed by atoms with van der Waals surface area (Å²) >= 11 is 0. The van der Waals surface area contributed by atoms with Gasteiger partial charge in [-0.2, -0.15) is 0 Å². The zero-order valence-corrected chi connectivity index (χ0v) is 14.6. The molecule has 0 spiro atoms. The second-order valence-corrected chi connectivity index (χ2v) is 7.04. The fourth-order valence-corrected chi connectivity index (χ4v) is 3.57. The molecule has 0 bridgehead atoms. The highest BCUT2D eigenvalue weighted by atomic mass is 16.2. The van der Waals surface area contributed by atoms with E-state index in [2.05, 4.69) is 50.0 Å². The molecule has 2 aromatic rings. The third kappa shape index (κ3) is 2.95. The normalized spacial score (nSPS) is 21.4. The molecule has 1 saturated heterocycles. The predicted octanol–water partition coefficient (Wildman–Crippen LogP) is 2.87. The topological polar surface area (TPSA) is 36.4 Å². The number of aryl methyl sites for hydroxylation is 2. The van der Waals surface area contributed by atoms with Gasteiger partial charge in [0.15, 0.2) is 0 Å². The van der Waals surface area contributed by atoms with Gasteiger partial charge in [0.2, 0.25) is 0 Å². The molecule has 2 heterocycles. The van der Waals surface area contributed by atoms with E-state index < -0.39 is 0 Å². The number of pyridine rings is 1. The van der Waals surface area contributed by atoms with E-state index in [0.29, 0.717) is 12.0 Å². The van der Waals surface area contributed by atoms with Gasteiger partial charge in [0.1, 0.15) is 0 Å². The molecule has 23 heavy (non-hydrogen) atoms. The number of rotatable bonds is 2. The van der Waals surface area contributed by atoms with E-state index in [0.717, 1.165) is 35.2 Å². The number of carbonyl (C=O) groups is 1. The molecule has 0 saturated carbocycles. The molecule has 0 radical (unpaired) electrons. The van der Waals surface area contributed by atoms with Gasteiger partial charge in [0.05, 0.1) is 16.8 Å². The number of nitrogens with zero attached hydrogens (tertiary/aromatic N) is 3. The summed E-state index contributed by atoms with van der Waals surface area (Å²) in [6.07, 6.45) is 0. The van der Waals surface area contributed by atoms with Crippen LogP contribution in [0, 0.1) is 19.8 Å². The van der Waals surface area contributed by atoms with Gasteiger partial charge in [-0.05, 0) is 52.1 Å². The molecule has 1 fully saturated rings. The summed E-state index contributed by atoms with van der Waals surface area (Å²) in [5.41, 5.74) is 3.68. The summed E-state index contributed by atoms with van der Waals surface area (Å²) in [4.78, 5) is 21.8. The number of hydrogen-bond acceptors (Lipinski definition) is 3.